The lowest BCUT2D eigenvalue weighted by atomic mass is 10.0. The van der Waals surface area contributed by atoms with Gasteiger partial charge in [0, 0.05) is 67.6 Å². The Morgan fingerprint density at radius 2 is 2.19 bits per heavy atom. The van der Waals surface area contributed by atoms with Crippen molar-refractivity contribution in [2.45, 2.75) is 31.8 Å². The van der Waals surface area contributed by atoms with E-state index < -0.39 is 0 Å². The van der Waals surface area contributed by atoms with Gasteiger partial charge in [-0.05, 0) is 19.0 Å². The Hall–Kier alpha value is -2.18. The number of aromatic nitrogens is 2. The van der Waals surface area contributed by atoms with Crippen molar-refractivity contribution >= 4 is 0 Å². The summed E-state index contributed by atoms with van der Waals surface area (Å²) in [6.45, 7) is 4.81. The van der Waals surface area contributed by atoms with Gasteiger partial charge in [0.15, 0.2) is 0 Å². The highest BCUT2D eigenvalue weighted by Gasteiger charge is 2.23. The summed E-state index contributed by atoms with van der Waals surface area (Å²) in [7, 11) is 3.38. The Morgan fingerprint density at radius 1 is 1.27 bits per heavy atom. The molecule has 1 atom stereocenters. The van der Waals surface area contributed by atoms with E-state index in [0.717, 1.165) is 62.9 Å². The Labute approximate surface area is 154 Å². The Balaban J connectivity index is 1.47. The minimum absolute atomic E-state index is 0.474. The third kappa shape index (κ3) is 3.52. The van der Waals surface area contributed by atoms with Crippen molar-refractivity contribution in [3.8, 4) is 11.5 Å². The normalized spacial score (nSPS) is 20.0. The van der Waals surface area contributed by atoms with Crippen molar-refractivity contribution in [2.75, 3.05) is 33.9 Å². The number of rotatable bonds is 5. The Morgan fingerprint density at radius 3 is 2.96 bits per heavy atom. The van der Waals surface area contributed by atoms with Crippen LogP contribution in [0.1, 0.15) is 35.0 Å². The Bertz CT molecular complexity index is 774. The van der Waals surface area contributed by atoms with Gasteiger partial charge >= 0.3 is 0 Å². The van der Waals surface area contributed by atoms with E-state index in [2.05, 4.69) is 21.3 Å². The lowest BCUT2D eigenvalue weighted by Crippen LogP contribution is -2.31. The molecule has 0 aliphatic carbocycles. The molecule has 0 radical (unpaired) electrons. The predicted octanol–water partition coefficient (Wildman–Crippen LogP) is 2.13. The predicted molar refractivity (Wildman–Crippen MR) is 99.6 cm³/mol. The van der Waals surface area contributed by atoms with Crippen LogP contribution >= 0.6 is 0 Å². The molecule has 26 heavy (non-hydrogen) atoms. The van der Waals surface area contributed by atoms with E-state index in [4.69, 9.17) is 14.5 Å². The first-order valence-corrected chi connectivity index (χ1v) is 9.25. The number of hydrogen-bond acceptors (Lipinski definition) is 6. The van der Waals surface area contributed by atoms with Gasteiger partial charge < -0.3 is 14.8 Å². The van der Waals surface area contributed by atoms with Gasteiger partial charge in [-0.25, -0.2) is 9.97 Å². The summed E-state index contributed by atoms with van der Waals surface area (Å²) in [5.41, 5.74) is 3.64. The van der Waals surface area contributed by atoms with Gasteiger partial charge in [-0.1, -0.05) is 6.07 Å². The Kier molecular flexibility index (Phi) is 5.04. The van der Waals surface area contributed by atoms with E-state index in [0.29, 0.717) is 5.92 Å². The molecule has 6 heteroatoms. The largest absolute Gasteiger partial charge is 0.497 e. The lowest BCUT2D eigenvalue weighted by molar-refractivity contribution is 0.238. The molecule has 1 aromatic heterocycles. The van der Waals surface area contributed by atoms with E-state index in [1.54, 1.807) is 14.2 Å². The molecule has 1 aromatic carbocycles. The molecular weight excluding hydrogens is 328 g/mol. The molecule has 1 unspecified atom stereocenters. The molecule has 2 aliphatic heterocycles. The van der Waals surface area contributed by atoms with Crippen molar-refractivity contribution < 1.29 is 9.47 Å². The summed E-state index contributed by atoms with van der Waals surface area (Å²) in [6, 6.07) is 6.01. The van der Waals surface area contributed by atoms with Crippen molar-refractivity contribution in [2.24, 2.45) is 0 Å². The monoisotopic (exact) mass is 354 g/mol. The van der Waals surface area contributed by atoms with Crippen LogP contribution in [-0.4, -0.2) is 48.7 Å². The van der Waals surface area contributed by atoms with E-state index in [9.17, 15) is 0 Å². The van der Waals surface area contributed by atoms with Crippen LogP contribution in [0, 0.1) is 0 Å². The first-order valence-electron chi connectivity index (χ1n) is 9.25. The molecule has 2 aromatic rings. The van der Waals surface area contributed by atoms with Crippen LogP contribution in [0.25, 0.3) is 0 Å². The molecule has 0 saturated carbocycles. The summed E-state index contributed by atoms with van der Waals surface area (Å²) in [5, 5.41) is 3.40. The molecule has 1 saturated heterocycles. The number of benzene rings is 1. The van der Waals surface area contributed by atoms with E-state index in [1.165, 1.54) is 16.8 Å². The van der Waals surface area contributed by atoms with Crippen molar-refractivity contribution in [3.05, 3.63) is 47.0 Å². The van der Waals surface area contributed by atoms with Crippen LogP contribution in [0.5, 0.6) is 11.5 Å². The van der Waals surface area contributed by atoms with Gasteiger partial charge in [0.1, 0.15) is 17.3 Å². The van der Waals surface area contributed by atoms with Crippen molar-refractivity contribution in [3.63, 3.8) is 0 Å². The second-order valence-electron chi connectivity index (χ2n) is 7.03. The number of fused-ring (bicyclic) bond motifs is 1. The molecule has 0 bridgehead atoms. The molecule has 6 nitrogen and oxygen atoms in total. The molecule has 0 spiro atoms. The molecule has 138 valence electrons. The molecule has 2 aliphatic rings. The average molecular weight is 354 g/mol. The standard InChI is InChI=1S/C20H26N4O2/c1-25-17-4-3-15(19(9-17)26-2)12-24-8-6-18-16(13-24)11-22-20(23-18)14-5-7-21-10-14/h3-4,9,11,14,21H,5-8,10,12-13H2,1-2H3. The second-order valence-corrected chi connectivity index (χ2v) is 7.03. The van der Waals surface area contributed by atoms with Crippen LogP contribution < -0.4 is 14.8 Å². The number of ether oxygens (including phenoxy) is 2. The zero-order valence-electron chi connectivity index (χ0n) is 15.5. The number of nitrogens with zero attached hydrogens (tertiary/aromatic N) is 3. The summed E-state index contributed by atoms with van der Waals surface area (Å²) in [6.07, 6.45) is 4.15. The fraction of sp³-hybridized carbons (Fsp3) is 0.500. The van der Waals surface area contributed by atoms with Crippen LogP contribution in [0.4, 0.5) is 0 Å². The maximum atomic E-state index is 5.53. The molecule has 3 heterocycles. The highest BCUT2D eigenvalue weighted by Crippen LogP contribution is 2.28. The number of nitrogens with one attached hydrogen (secondary N) is 1. The van der Waals surface area contributed by atoms with Crippen LogP contribution in [0.3, 0.4) is 0 Å². The van der Waals surface area contributed by atoms with Gasteiger partial charge in [0.25, 0.3) is 0 Å². The summed E-state index contributed by atoms with van der Waals surface area (Å²) in [5.74, 6) is 3.17. The maximum Gasteiger partial charge on any atom is 0.132 e. The second kappa shape index (κ2) is 7.60. The topological polar surface area (TPSA) is 59.5 Å². The molecule has 1 fully saturated rings. The van der Waals surface area contributed by atoms with Gasteiger partial charge in [0.05, 0.1) is 14.2 Å². The lowest BCUT2D eigenvalue weighted by Gasteiger charge is -2.29. The third-order valence-electron chi connectivity index (χ3n) is 5.35. The van der Waals surface area contributed by atoms with Crippen LogP contribution in [0.2, 0.25) is 0 Å². The van der Waals surface area contributed by atoms with Crippen molar-refractivity contribution in [1.82, 2.24) is 20.2 Å². The first-order chi connectivity index (χ1) is 12.8. The minimum Gasteiger partial charge on any atom is -0.497 e. The number of methoxy groups -OCH3 is 2. The highest BCUT2D eigenvalue weighted by atomic mass is 16.5. The summed E-state index contributed by atoms with van der Waals surface area (Å²) >= 11 is 0. The molecule has 0 amide bonds. The maximum absolute atomic E-state index is 5.53. The van der Waals surface area contributed by atoms with Gasteiger partial charge in [-0.2, -0.15) is 0 Å². The van der Waals surface area contributed by atoms with E-state index in [1.807, 2.05) is 18.3 Å². The average Bonchev–Trinajstić information content (AvgIpc) is 3.22. The van der Waals surface area contributed by atoms with Crippen molar-refractivity contribution in [1.29, 1.82) is 0 Å². The fourth-order valence-electron chi connectivity index (χ4n) is 3.82. The van der Waals surface area contributed by atoms with Crippen LogP contribution in [0.15, 0.2) is 24.4 Å². The molecule has 4 rings (SSSR count). The highest BCUT2D eigenvalue weighted by molar-refractivity contribution is 5.40. The SMILES string of the molecule is COc1ccc(CN2CCc3nc(C4CCNC4)ncc3C2)c(OC)c1. The fourth-order valence-corrected chi connectivity index (χ4v) is 3.82. The molecular formula is C20H26N4O2. The quantitative estimate of drug-likeness (QED) is 0.888. The third-order valence-corrected chi connectivity index (χ3v) is 5.35. The zero-order chi connectivity index (χ0) is 17.9. The zero-order valence-corrected chi connectivity index (χ0v) is 15.5. The molecule has 1 N–H and O–H groups in total. The van der Waals surface area contributed by atoms with Gasteiger partial charge in [-0.3, -0.25) is 4.90 Å². The van der Waals surface area contributed by atoms with Gasteiger partial charge in [0.2, 0.25) is 0 Å². The first kappa shape index (κ1) is 17.2. The van der Waals surface area contributed by atoms with Gasteiger partial charge in [-0.15, -0.1) is 0 Å². The van der Waals surface area contributed by atoms with E-state index in [-0.39, 0.29) is 0 Å². The summed E-state index contributed by atoms with van der Waals surface area (Å²) in [4.78, 5) is 12.0. The number of hydrogen-bond donors (Lipinski definition) is 1. The minimum atomic E-state index is 0.474. The smallest absolute Gasteiger partial charge is 0.132 e. The summed E-state index contributed by atoms with van der Waals surface area (Å²) < 4.78 is 10.8. The van der Waals surface area contributed by atoms with E-state index >= 15 is 0 Å². The van der Waals surface area contributed by atoms with Crippen LogP contribution in [-0.2, 0) is 19.5 Å².